The zero-order valence-corrected chi connectivity index (χ0v) is 9.21. The van der Waals surface area contributed by atoms with Crippen LogP contribution in [0.2, 0.25) is 0 Å². The molecule has 17 heavy (non-hydrogen) atoms. The second-order valence-electron chi connectivity index (χ2n) is 6.37. The van der Waals surface area contributed by atoms with E-state index in [1.54, 1.807) is 0 Å². The second kappa shape index (κ2) is 1.93. The van der Waals surface area contributed by atoms with E-state index in [0.29, 0.717) is 17.9 Å². The van der Waals surface area contributed by atoms with Gasteiger partial charge in [0.15, 0.2) is 0 Å². The highest BCUT2D eigenvalue weighted by Crippen LogP contribution is 2.85. The lowest BCUT2D eigenvalue weighted by Crippen LogP contribution is -2.79. The van der Waals surface area contributed by atoms with Gasteiger partial charge in [0.1, 0.15) is 5.41 Å². The van der Waals surface area contributed by atoms with Crippen LogP contribution in [0.25, 0.3) is 0 Å². The lowest BCUT2D eigenvalue weighted by atomic mass is 9.25. The first-order chi connectivity index (χ1) is 8.39. The van der Waals surface area contributed by atoms with Crippen molar-refractivity contribution < 1.29 is 4.74 Å². The Morgan fingerprint density at radius 2 is 2.06 bits per heavy atom. The normalized spacial score (nSPS) is 61.5. The molecule has 1 aromatic rings. The number of nitrogens with zero attached hydrogens (tertiary/aromatic N) is 1. The molecule has 0 spiro atoms. The fraction of sp³-hybridized carbons (Fsp3) is 0.533. The molecule has 4 fully saturated rings. The highest BCUT2D eigenvalue weighted by molar-refractivity contribution is 5.59. The molecule has 4 aliphatic carbocycles. The van der Waals surface area contributed by atoms with Crippen molar-refractivity contribution in [2.45, 2.75) is 23.5 Å². The smallest absolute Gasteiger partial charge is 0.112 e. The SMILES string of the molecule is N#C[C@@]12c3ccccc3[C@H]3[C@H]4O[C@@H]1[C@@H]1[C@H]4[C@H]3[C@@H]12. The van der Waals surface area contributed by atoms with Gasteiger partial charge in [0.25, 0.3) is 0 Å². The molecule has 1 aliphatic heterocycles. The van der Waals surface area contributed by atoms with Gasteiger partial charge >= 0.3 is 0 Å². The molecule has 82 valence electrons. The molecule has 0 N–H and O–H groups in total. The Morgan fingerprint density at radius 1 is 1.18 bits per heavy atom. The van der Waals surface area contributed by atoms with Crippen LogP contribution in [0.1, 0.15) is 17.0 Å². The first-order valence-corrected chi connectivity index (χ1v) is 6.56. The fourth-order valence-electron chi connectivity index (χ4n) is 6.05. The van der Waals surface area contributed by atoms with E-state index in [1.165, 1.54) is 11.1 Å². The minimum atomic E-state index is -0.274. The largest absolute Gasteiger partial charge is 0.372 e. The van der Waals surface area contributed by atoms with E-state index in [0.717, 1.165) is 17.8 Å². The van der Waals surface area contributed by atoms with Crippen LogP contribution in [0.5, 0.6) is 0 Å². The Balaban J connectivity index is 1.77. The summed E-state index contributed by atoms with van der Waals surface area (Å²) in [5.74, 6) is 3.56. The van der Waals surface area contributed by atoms with Crippen molar-refractivity contribution in [3.8, 4) is 6.07 Å². The number of hydrogen-bond acceptors (Lipinski definition) is 2. The monoisotopic (exact) mass is 221 g/mol. The molecule has 1 aromatic carbocycles. The number of fused-ring (bicyclic) bond motifs is 5. The van der Waals surface area contributed by atoms with Gasteiger partial charge < -0.3 is 4.74 Å². The number of rotatable bonds is 0. The molecule has 0 unspecified atom stereocenters. The Kier molecular flexibility index (Phi) is 0.897. The average molecular weight is 221 g/mol. The molecule has 0 radical (unpaired) electrons. The Labute approximate surface area is 99.2 Å². The van der Waals surface area contributed by atoms with Crippen LogP contribution in [0, 0.1) is 35.0 Å². The number of ether oxygens (including phenoxy) is 1. The topological polar surface area (TPSA) is 33.0 Å². The molecule has 2 heteroatoms. The minimum absolute atomic E-state index is 0.220. The number of benzene rings is 1. The van der Waals surface area contributed by atoms with Gasteiger partial charge in [-0.1, -0.05) is 24.3 Å². The van der Waals surface area contributed by atoms with E-state index in [4.69, 9.17) is 4.74 Å². The van der Waals surface area contributed by atoms with Crippen LogP contribution >= 0.6 is 0 Å². The summed E-state index contributed by atoms with van der Waals surface area (Å²) in [6.07, 6.45) is 0.669. The Bertz CT molecular complexity index is 624. The molecule has 1 saturated heterocycles. The molecular weight excluding hydrogens is 210 g/mol. The third kappa shape index (κ3) is 0.472. The van der Waals surface area contributed by atoms with Crippen LogP contribution in [-0.2, 0) is 10.2 Å². The summed E-state index contributed by atoms with van der Waals surface area (Å²) < 4.78 is 6.22. The zero-order chi connectivity index (χ0) is 10.9. The molecule has 0 aromatic heterocycles. The van der Waals surface area contributed by atoms with E-state index in [-0.39, 0.29) is 11.5 Å². The summed E-state index contributed by atoms with van der Waals surface area (Å²) in [7, 11) is 0. The van der Waals surface area contributed by atoms with Crippen LogP contribution in [0.3, 0.4) is 0 Å². The molecule has 6 rings (SSSR count). The maximum absolute atomic E-state index is 9.76. The third-order valence-electron chi connectivity index (χ3n) is 6.44. The van der Waals surface area contributed by atoms with Crippen molar-refractivity contribution in [1.82, 2.24) is 0 Å². The lowest BCUT2D eigenvalue weighted by molar-refractivity contribution is -0.203. The van der Waals surface area contributed by atoms with E-state index < -0.39 is 0 Å². The number of nitriles is 1. The first-order valence-electron chi connectivity index (χ1n) is 6.56. The van der Waals surface area contributed by atoms with Gasteiger partial charge in [0.2, 0.25) is 0 Å². The summed E-state index contributed by atoms with van der Waals surface area (Å²) in [6, 6.07) is 11.3. The summed E-state index contributed by atoms with van der Waals surface area (Å²) in [6.45, 7) is 0. The molecule has 2 nitrogen and oxygen atoms in total. The van der Waals surface area contributed by atoms with Crippen molar-refractivity contribution in [3.63, 3.8) is 0 Å². The number of hydrogen-bond donors (Lipinski definition) is 0. The third-order valence-corrected chi connectivity index (χ3v) is 6.44. The van der Waals surface area contributed by atoms with Gasteiger partial charge in [0.05, 0.1) is 18.3 Å². The van der Waals surface area contributed by atoms with E-state index in [1.807, 2.05) is 0 Å². The molecule has 0 bridgehead atoms. The zero-order valence-electron chi connectivity index (χ0n) is 9.21. The predicted octanol–water partition coefficient (Wildman–Crippen LogP) is 1.82. The fourth-order valence-corrected chi connectivity index (χ4v) is 6.05. The van der Waals surface area contributed by atoms with Gasteiger partial charge in [-0.15, -0.1) is 0 Å². The highest BCUT2D eigenvalue weighted by Gasteiger charge is 2.89. The van der Waals surface area contributed by atoms with Gasteiger partial charge in [-0.3, -0.25) is 0 Å². The van der Waals surface area contributed by atoms with Crippen molar-refractivity contribution in [2.75, 3.05) is 0 Å². The quantitative estimate of drug-likeness (QED) is 0.669. The Hall–Kier alpha value is -1.33. The summed E-state index contributed by atoms with van der Waals surface area (Å²) in [5.41, 5.74) is 2.46. The average Bonchev–Trinajstić information content (AvgIpc) is 2.54. The predicted molar refractivity (Wildman–Crippen MR) is 59.1 cm³/mol. The van der Waals surface area contributed by atoms with Crippen LogP contribution < -0.4 is 0 Å². The van der Waals surface area contributed by atoms with Crippen molar-refractivity contribution >= 4 is 0 Å². The molecule has 1 heterocycles. The van der Waals surface area contributed by atoms with E-state index in [2.05, 4.69) is 30.3 Å². The van der Waals surface area contributed by atoms with Gasteiger partial charge in [0, 0.05) is 5.92 Å². The second-order valence-corrected chi connectivity index (χ2v) is 6.37. The van der Waals surface area contributed by atoms with Crippen molar-refractivity contribution in [3.05, 3.63) is 35.4 Å². The molecular formula is C15H11NO. The van der Waals surface area contributed by atoms with Crippen LogP contribution in [0.15, 0.2) is 24.3 Å². The molecule has 0 amide bonds. The first kappa shape index (κ1) is 7.89. The standard InChI is InChI=1S/C15H11NO/c16-5-15-7-4-2-1-3-6(7)8-9-10-11(12(9)15)14(15)17-13(8)10/h1-4,8-14H/t8-,9+,10-,11-,12+,13-,14-,15+/m1/s1. The molecule has 5 aliphatic rings. The van der Waals surface area contributed by atoms with E-state index in [9.17, 15) is 5.26 Å². The summed E-state index contributed by atoms with van der Waals surface area (Å²) in [5, 5.41) is 9.76. The van der Waals surface area contributed by atoms with Crippen molar-refractivity contribution in [2.24, 2.45) is 23.7 Å². The van der Waals surface area contributed by atoms with Crippen molar-refractivity contribution in [1.29, 1.82) is 5.26 Å². The maximum Gasteiger partial charge on any atom is 0.112 e. The van der Waals surface area contributed by atoms with Gasteiger partial charge in [-0.2, -0.15) is 5.26 Å². The van der Waals surface area contributed by atoms with E-state index >= 15 is 0 Å². The van der Waals surface area contributed by atoms with Gasteiger partial charge in [-0.25, -0.2) is 0 Å². The summed E-state index contributed by atoms with van der Waals surface area (Å²) >= 11 is 0. The maximum atomic E-state index is 9.76. The molecule has 8 atom stereocenters. The minimum Gasteiger partial charge on any atom is -0.372 e. The lowest BCUT2D eigenvalue weighted by Gasteiger charge is -2.75. The Morgan fingerprint density at radius 3 is 2.94 bits per heavy atom. The van der Waals surface area contributed by atoms with Crippen LogP contribution in [-0.4, -0.2) is 12.2 Å². The van der Waals surface area contributed by atoms with Gasteiger partial charge in [-0.05, 0) is 34.8 Å². The summed E-state index contributed by atoms with van der Waals surface area (Å²) in [4.78, 5) is 0. The highest BCUT2D eigenvalue weighted by atomic mass is 16.5. The molecule has 3 saturated carbocycles. The van der Waals surface area contributed by atoms with Crippen LogP contribution in [0.4, 0.5) is 0 Å².